The van der Waals surface area contributed by atoms with E-state index in [0.29, 0.717) is 6.54 Å². The van der Waals surface area contributed by atoms with Crippen LogP contribution >= 0.6 is 0 Å². The molecule has 0 fully saturated rings. The second-order valence-corrected chi connectivity index (χ2v) is 6.95. The van der Waals surface area contributed by atoms with E-state index in [-0.39, 0.29) is 0 Å². The summed E-state index contributed by atoms with van der Waals surface area (Å²) in [5.74, 6) is 1.75. The van der Waals surface area contributed by atoms with Crippen molar-refractivity contribution in [3.63, 3.8) is 0 Å². The van der Waals surface area contributed by atoms with Crippen LogP contribution in [0.5, 0.6) is 0 Å². The van der Waals surface area contributed by atoms with E-state index < -0.39 is 0 Å². The molecule has 0 amide bonds. The predicted octanol–water partition coefficient (Wildman–Crippen LogP) is 1.84. The summed E-state index contributed by atoms with van der Waals surface area (Å²) in [6.45, 7) is 2.22. The number of rotatable bonds is 5. The molecule has 0 radical (unpaired) electrons. The number of aromatic amines is 1. The molecule has 3 aromatic heterocycles. The van der Waals surface area contributed by atoms with Crippen molar-refractivity contribution in [2.24, 2.45) is 0 Å². The van der Waals surface area contributed by atoms with Crippen molar-refractivity contribution in [3.05, 3.63) is 54.5 Å². The second kappa shape index (κ2) is 7.39. The number of H-pyrrole nitrogens is 1. The van der Waals surface area contributed by atoms with Gasteiger partial charge in [0.25, 0.3) is 0 Å². The first-order valence-electron chi connectivity index (χ1n) is 9.57. The van der Waals surface area contributed by atoms with Gasteiger partial charge in [-0.25, -0.2) is 19.6 Å². The second-order valence-electron chi connectivity index (χ2n) is 6.95. The van der Waals surface area contributed by atoms with E-state index in [1.54, 1.807) is 18.9 Å². The first kappa shape index (κ1) is 18.0. The van der Waals surface area contributed by atoms with Gasteiger partial charge in [0, 0.05) is 43.0 Å². The van der Waals surface area contributed by atoms with Gasteiger partial charge in [-0.15, -0.1) is 0 Å². The average molecular weight is 400 g/mol. The molecule has 0 aliphatic carbocycles. The first-order valence-corrected chi connectivity index (χ1v) is 9.57. The molecule has 0 spiro atoms. The van der Waals surface area contributed by atoms with Gasteiger partial charge in [-0.1, -0.05) is 6.07 Å². The molecule has 0 unspecified atom stereocenters. The number of fused-ring (bicyclic) bond motifs is 2. The quantitative estimate of drug-likeness (QED) is 0.437. The van der Waals surface area contributed by atoms with Gasteiger partial charge in [-0.05, 0) is 17.7 Å². The van der Waals surface area contributed by atoms with Gasteiger partial charge >= 0.3 is 0 Å². The van der Waals surface area contributed by atoms with Crippen molar-refractivity contribution in [2.45, 2.75) is 13.1 Å². The van der Waals surface area contributed by atoms with E-state index in [1.165, 1.54) is 6.21 Å². The summed E-state index contributed by atoms with van der Waals surface area (Å²) in [7, 11) is 1.82. The zero-order valence-electron chi connectivity index (χ0n) is 16.4. The van der Waals surface area contributed by atoms with Crippen LogP contribution in [0.15, 0.2) is 43.1 Å². The summed E-state index contributed by atoms with van der Waals surface area (Å²) in [4.78, 5) is 15.4. The standard InChI is InChI=1S/C20H20N10/c1-22-9-14(8-21)13-2-3-16-15(6-13)20(28-27-16)17-7-18(24-11-23-17)29-4-5-30-19(10-29)25-12-26-30/h2-3,6-9,11-12,21-22H,4-5,10H2,1H3,(H,27,28)/b14-9+,21-8?. The Labute approximate surface area is 172 Å². The van der Waals surface area contributed by atoms with Crippen molar-refractivity contribution in [1.29, 1.82) is 5.41 Å². The number of aromatic nitrogens is 7. The molecule has 4 aromatic rings. The number of allylic oxidation sites excluding steroid dienone is 1. The highest BCUT2D eigenvalue weighted by Crippen LogP contribution is 2.29. The van der Waals surface area contributed by atoms with Crippen LogP contribution in [0, 0.1) is 5.41 Å². The highest BCUT2D eigenvalue weighted by atomic mass is 15.4. The Hall–Kier alpha value is -4.08. The number of hydrogen-bond acceptors (Lipinski definition) is 8. The third-order valence-corrected chi connectivity index (χ3v) is 5.18. The lowest BCUT2D eigenvalue weighted by Gasteiger charge is -2.27. The third-order valence-electron chi connectivity index (χ3n) is 5.18. The number of nitrogens with zero attached hydrogens (tertiary/aromatic N) is 7. The molecular weight excluding hydrogens is 380 g/mol. The maximum atomic E-state index is 7.68. The van der Waals surface area contributed by atoms with Crippen LogP contribution in [0.4, 0.5) is 5.82 Å². The minimum Gasteiger partial charge on any atom is -0.393 e. The van der Waals surface area contributed by atoms with Gasteiger partial charge in [0.15, 0.2) is 0 Å². The summed E-state index contributed by atoms with van der Waals surface area (Å²) in [6, 6.07) is 7.91. The molecular formula is C20H20N10. The van der Waals surface area contributed by atoms with E-state index in [1.807, 2.05) is 36.0 Å². The minimum atomic E-state index is 0.652. The Morgan fingerprint density at radius 3 is 2.97 bits per heavy atom. The van der Waals surface area contributed by atoms with Crippen molar-refractivity contribution in [3.8, 4) is 11.4 Å². The molecule has 0 bridgehead atoms. The topological polar surface area (TPSA) is 124 Å². The van der Waals surface area contributed by atoms with Crippen molar-refractivity contribution < 1.29 is 0 Å². The molecule has 0 saturated carbocycles. The van der Waals surface area contributed by atoms with E-state index in [4.69, 9.17) is 5.41 Å². The number of nitrogens with one attached hydrogen (secondary N) is 3. The highest BCUT2D eigenvalue weighted by Gasteiger charge is 2.20. The molecule has 4 heterocycles. The van der Waals surface area contributed by atoms with Gasteiger partial charge in [0.05, 0.1) is 24.3 Å². The van der Waals surface area contributed by atoms with Crippen LogP contribution < -0.4 is 10.2 Å². The summed E-state index contributed by atoms with van der Waals surface area (Å²) in [6.07, 6.45) is 6.28. The van der Waals surface area contributed by atoms with Crippen LogP contribution in [0.1, 0.15) is 11.4 Å². The van der Waals surface area contributed by atoms with Gasteiger partial charge < -0.3 is 15.6 Å². The molecule has 1 aliphatic heterocycles. The molecule has 10 heteroatoms. The summed E-state index contributed by atoms with van der Waals surface area (Å²) in [5.41, 5.74) is 4.12. The molecule has 10 nitrogen and oxygen atoms in total. The van der Waals surface area contributed by atoms with Crippen LogP contribution in [0.25, 0.3) is 27.9 Å². The minimum absolute atomic E-state index is 0.652. The van der Waals surface area contributed by atoms with E-state index >= 15 is 0 Å². The average Bonchev–Trinajstić information content (AvgIpc) is 3.43. The Balaban J connectivity index is 1.52. The molecule has 0 atom stereocenters. The van der Waals surface area contributed by atoms with Gasteiger partial charge in [-0.3, -0.25) is 5.10 Å². The van der Waals surface area contributed by atoms with Crippen LogP contribution in [-0.2, 0) is 13.1 Å². The summed E-state index contributed by atoms with van der Waals surface area (Å²) in [5, 5.41) is 23.4. The molecule has 150 valence electrons. The number of benzene rings is 1. The number of hydrogen-bond donors (Lipinski definition) is 3. The molecule has 30 heavy (non-hydrogen) atoms. The van der Waals surface area contributed by atoms with Crippen LogP contribution in [0.3, 0.4) is 0 Å². The molecule has 5 rings (SSSR count). The summed E-state index contributed by atoms with van der Waals surface area (Å²) >= 11 is 0. The van der Waals surface area contributed by atoms with Gasteiger partial charge in [-0.2, -0.15) is 10.2 Å². The lowest BCUT2D eigenvalue weighted by molar-refractivity contribution is 0.510. The lowest BCUT2D eigenvalue weighted by atomic mass is 10.0. The maximum absolute atomic E-state index is 7.68. The smallest absolute Gasteiger partial charge is 0.146 e. The zero-order valence-corrected chi connectivity index (χ0v) is 16.4. The van der Waals surface area contributed by atoms with E-state index in [0.717, 1.165) is 58.2 Å². The predicted molar refractivity (Wildman–Crippen MR) is 114 cm³/mol. The fourth-order valence-electron chi connectivity index (χ4n) is 3.66. The fourth-order valence-corrected chi connectivity index (χ4v) is 3.66. The third kappa shape index (κ3) is 3.08. The molecule has 1 aromatic carbocycles. The van der Waals surface area contributed by atoms with Gasteiger partial charge in [0.1, 0.15) is 30.0 Å². The Bertz CT molecular complexity index is 1250. The Morgan fingerprint density at radius 1 is 1.17 bits per heavy atom. The van der Waals surface area contributed by atoms with Crippen molar-refractivity contribution in [2.75, 3.05) is 18.5 Å². The number of anilines is 1. The Kier molecular flexibility index (Phi) is 4.43. The molecule has 3 N–H and O–H groups in total. The van der Waals surface area contributed by atoms with Crippen molar-refractivity contribution >= 4 is 28.5 Å². The lowest BCUT2D eigenvalue weighted by Crippen LogP contribution is -2.34. The largest absolute Gasteiger partial charge is 0.393 e. The fraction of sp³-hybridized carbons (Fsp3) is 0.200. The zero-order chi connectivity index (χ0) is 20.5. The van der Waals surface area contributed by atoms with E-state index in [9.17, 15) is 0 Å². The highest BCUT2D eigenvalue weighted by molar-refractivity contribution is 6.09. The monoisotopic (exact) mass is 400 g/mol. The summed E-state index contributed by atoms with van der Waals surface area (Å²) < 4.78 is 1.92. The van der Waals surface area contributed by atoms with Crippen LogP contribution in [0.2, 0.25) is 0 Å². The van der Waals surface area contributed by atoms with E-state index in [2.05, 4.69) is 40.5 Å². The molecule has 0 saturated heterocycles. The van der Waals surface area contributed by atoms with Crippen LogP contribution in [-0.4, -0.2) is 54.7 Å². The van der Waals surface area contributed by atoms with Gasteiger partial charge in [0.2, 0.25) is 0 Å². The first-order chi connectivity index (χ1) is 14.8. The Morgan fingerprint density at radius 2 is 2.10 bits per heavy atom. The SMILES string of the molecule is CN/C=C(\C=N)c1ccc2[nH]nc(-c3cc(N4CCn5ncnc5C4)ncn3)c2c1. The normalized spacial score (nSPS) is 14.0. The molecule has 1 aliphatic rings. The maximum Gasteiger partial charge on any atom is 0.146 e. The van der Waals surface area contributed by atoms with Crippen molar-refractivity contribution in [1.82, 2.24) is 40.2 Å².